The summed E-state index contributed by atoms with van der Waals surface area (Å²) in [6, 6.07) is -0.512. The van der Waals surface area contributed by atoms with Crippen LogP contribution in [0.4, 0.5) is 0 Å². The Kier molecular flexibility index (Phi) is 2.26. The van der Waals surface area contributed by atoms with Crippen LogP contribution in [0.3, 0.4) is 0 Å². The lowest BCUT2D eigenvalue weighted by Crippen LogP contribution is -2.50. The van der Waals surface area contributed by atoms with E-state index in [1.807, 2.05) is 0 Å². The molecule has 0 saturated heterocycles. The molecule has 2 amide bonds. The zero-order chi connectivity index (χ0) is 10.2. The second-order valence-electron chi connectivity index (χ2n) is 3.71. The molecule has 1 unspecified atom stereocenters. The summed E-state index contributed by atoms with van der Waals surface area (Å²) < 4.78 is 0. The number of hydrogen-bond acceptors (Lipinski definition) is 3. The minimum absolute atomic E-state index is 0.361. The van der Waals surface area contributed by atoms with Crippen molar-refractivity contribution in [1.29, 1.82) is 0 Å². The summed E-state index contributed by atoms with van der Waals surface area (Å²) in [7, 11) is 0. The first-order chi connectivity index (χ1) is 5.84. The van der Waals surface area contributed by atoms with Crippen molar-refractivity contribution in [3.8, 4) is 0 Å². The number of hydrogen-bond donors (Lipinski definition) is 1. The smallest absolute Gasteiger partial charge is 0.253 e. The number of aliphatic hydroxyl groups is 1. The zero-order valence-electron chi connectivity index (χ0n) is 7.94. The van der Waals surface area contributed by atoms with Gasteiger partial charge in [0.1, 0.15) is 0 Å². The Balaban J connectivity index is 2.85. The Labute approximate surface area is 76.8 Å². The van der Waals surface area contributed by atoms with Gasteiger partial charge in [0.05, 0.1) is 11.6 Å². The van der Waals surface area contributed by atoms with Gasteiger partial charge in [-0.1, -0.05) is 0 Å². The van der Waals surface area contributed by atoms with Gasteiger partial charge < -0.3 is 5.11 Å². The molecule has 4 heteroatoms. The van der Waals surface area contributed by atoms with Crippen LogP contribution in [0.1, 0.15) is 20.8 Å². The van der Waals surface area contributed by atoms with Crippen LogP contribution in [0.15, 0.2) is 12.2 Å². The predicted octanol–water partition coefficient (Wildman–Crippen LogP) is 0.0708. The molecular weight excluding hydrogens is 170 g/mol. The van der Waals surface area contributed by atoms with Crippen LogP contribution in [0.2, 0.25) is 0 Å². The van der Waals surface area contributed by atoms with Crippen LogP contribution in [0, 0.1) is 0 Å². The minimum Gasteiger partial charge on any atom is -0.388 e. The van der Waals surface area contributed by atoms with Crippen molar-refractivity contribution in [3.05, 3.63) is 12.2 Å². The molecule has 1 aliphatic heterocycles. The third-order valence-electron chi connectivity index (χ3n) is 2.25. The SMILES string of the molecule is CC(N1C(=O)C=CC1=O)C(C)(C)O. The standard InChI is InChI=1S/C9H13NO3/c1-6(9(2,3)13)10-7(11)4-5-8(10)12/h4-6,13H,1-3H3. The number of amides is 2. The summed E-state index contributed by atoms with van der Waals surface area (Å²) in [6.45, 7) is 4.77. The maximum atomic E-state index is 11.2. The van der Waals surface area contributed by atoms with Gasteiger partial charge in [0.2, 0.25) is 0 Å². The summed E-state index contributed by atoms with van der Waals surface area (Å²) in [5, 5.41) is 9.61. The van der Waals surface area contributed by atoms with Gasteiger partial charge in [0.25, 0.3) is 11.8 Å². The Morgan fingerprint density at radius 2 is 1.69 bits per heavy atom. The van der Waals surface area contributed by atoms with Crippen molar-refractivity contribution in [3.63, 3.8) is 0 Å². The first kappa shape index (κ1) is 9.92. The first-order valence-electron chi connectivity index (χ1n) is 4.11. The van der Waals surface area contributed by atoms with E-state index in [0.29, 0.717) is 0 Å². The van der Waals surface area contributed by atoms with Crippen molar-refractivity contribution in [2.45, 2.75) is 32.4 Å². The Hall–Kier alpha value is -1.16. The predicted molar refractivity (Wildman–Crippen MR) is 46.8 cm³/mol. The van der Waals surface area contributed by atoms with E-state index in [0.717, 1.165) is 4.90 Å². The second-order valence-corrected chi connectivity index (χ2v) is 3.71. The van der Waals surface area contributed by atoms with Gasteiger partial charge in [-0.3, -0.25) is 14.5 Å². The van der Waals surface area contributed by atoms with E-state index in [-0.39, 0.29) is 11.8 Å². The fourth-order valence-electron chi connectivity index (χ4n) is 1.11. The zero-order valence-corrected chi connectivity index (χ0v) is 7.94. The molecule has 1 N–H and O–H groups in total. The van der Waals surface area contributed by atoms with Gasteiger partial charge in [-0.15, -0.1) is 0 Å². The molecule has 72 valence electrons. The summed E-state index contributed by atoms with van der Waals surface area (Å²) in [4.78, 5) is 23.4. The highest BCUT2D eigenvalue weighted by Gasteiger charge is 2.36. The van der Waals surface area contributed by atoms with Crippen LogP contribution in [-0.4, -0.2) is 33.5 Å². The molecule has 0 aromatic heterocycles. The Bertz CT molecular complexity index is 257. The number of imide groups is 1. The van der Waals surface area contributed by atoms with Gasteiger partial charge in [0, 0.05) is 12.2 Å². The van der Waals surface area contributed by atoms with E-state index in [1.54, 1.807) is 20.8 Å². The number of carbonyl (C=O) groups excluding carboxylic acids is 2. The van der Waals surface area contributed by atoms with Crippen molar-refractivity contribution in [2.24, 2.45) is 0 Å². The van der Waals surface area contributed by atoms with Crippen molar-refractivity contribution in [2.75, 3.05) is 0 Å². The molecule has 0 bridgehead atoms. The van der Waals surface area contributed by atoms with E-state index >= 15 is 0 Å². The van der Waals surface area contributed by atoms with Gasteiger partial charge >= 0.3 is 0 Å². The molecule has 13 heavy (non-hydrogen) atoms. The van der Waals surface area contributed by atoms with Gasteiger partial charge in [-0.2, -0.15) is 0 Å². The molecule has 4 nitrogen and oxygen atoms in total. The highest BCUT2D eigenvalue weighted by atomic mass is 16.3. The quantitative estimate of drug-likeness (QED) is 0.616. The monoisotopic (exact) mass is 183 g/mol. The molecule has 1 rings (SSSR count). The fourth-order valence-corrected chi connectivity index (χ4v) is 1.11. The lowest BCUT2D eigenvalue weighted by atomic mass is 9.99. The molecule has 0 saturated carbocycles. The number of carbonyl (C=O) groups is 2. The van der Waals surface area contributed by atoms with Gasteiger partial charge in [-0.05, 0) is 20.8 Å². The molecule has 0 aliphatic carbocycles. The molecule has 1 atom stereocenters. The summed E-state index contributed by atoms with van der Waals surface area (Å²) >= 11 is 0. The van der Waals surface area contributed by atoms with E-state index in [1.165, 1.54) is 12.2 Å². The van der Waals surface area contributed by atoms with Crippen molar-refractivity contribution < 1.29 is 14.7 Å². The molecule has 0 aromatic carbocycles. The summed E-state index contributed by atoms with van der Waals surface area (Å²) in [5.41, 5.74) is -1.07. The van der Waals surface area contributed by atoms with Crippen LogP contribution >= 0.6 is 0 Å². The number of rotatable bonds is 2. The lowest BCUT2D eigenvalue weighted by Gasteiger charge is -2.32. The molecule has 0 radical (unpaired) electrons. The van der Waals surface area contributed by atoms with Crippen LogP contribution < -0.4 is 0 Å². The molecule has 0 aromatic rings. The summed E-state index contributed by atoms with van der Waals surface area (Å²) in [6.07, 6.45) is 2.43. The minimum atomic E-state index is -1.07. The Morgan fingerprint density at radius 1 is 1.31 bits per heavy atom. The van der Waals surface area contributed by atoms with E-state index in [2.05, 4.69) is 0 Å². The highest BCUT2D eigenvalue weighted by Crippen LogP contribution is 2.18. The third kappa shape index (κ3) is 1.78. The first-order valence-corrected chi connectivity index (χ1v) is 4.11. The Morgan fingerprint density at radius 3 is 2.00 bits per heavy atom. The average Bonchev–Trinajstić information content (AvgIpc) is 2.28. The fraction of sp³-hybridized carbons (Fsp3) is 0.556. The maximum absolute atomic E-state index is 11.2. The van der Waals surface area contributed by atoms with E-state index in [4.69, 9.17) is 0 Å². The summed E-state index contributed by atoms with van der Waals surface area (Å²) in [5.74, 6) is -0.723. The van der Waals surface area contributed by atoms with Crippen molar-refractivity contribution in [1.82, 2.24) is 4.90 Å². The maximum Gasteiger partial charge on any atom is 0.253 e. The van der Waals surface area contributed by atoms with E-state index in [9.17, 15) is 14.7 Å². The second kappa shape index (κ2) is 2.96. The van der Waals surface area contributed by atoms with Crippen molar-refractivity contribution >= 4 is 11.8 Å². The molecule has 1 heterocycles. The normalized spacial score (nSPS) is 19.8. The van der Waals surface area contributed by atoms with Crippen LogP contribution in [0.5, 0.6) is 0 Å². The molecule has 1 aliphatic rings. The average molecular weight is 183 g/mol. The van der Waals surface area contributed by atoms with Gasteiger partial charge in [-0.25, -0.2) is 0 Å². The molecule has 0 spiro atoms. The third-order valence-corrected chi connectivity index (χ3v) is 2.25. The number of nitrogens with zero attached hydrogens (tertiary/aromatic N) is 1. The topological polar surface area (TPSA) is 57.6 Å². The lowest BCUT2D eigenvalue weighted by molar-refractivity contribution is -0.144. The van der Waals surface area contributed by atoms with Crippen LogP contribution in [-0.2, 0) is 9.59 Å². The molecule has 0 fully saturated rings. The van der Waals surface area contributed by atoms with E-state index < -0.39 is 11.6 Å². The molecular formula is C9H13NO3. The highest BCUT2D eigenvalue weighted by molar-refractivity contribution is 6.13. The van der Waals surface area contributed by atoms with Crippen LogP contribution in [0.25, 0.3) is 0 Å². The largest absolute Gasteiger partial charge is 0.388 e. The van der Waals surface area contributed by atoms with Gasteiger partial charge in [0.15, 0.2) is 0 Å².